The molecular weight excluding hydrogens is 486 g/mol. The van der Waals surface area contributed by atoms with Gasteiger partial charge in [0, 0.05) is 16.8 Å². The minimum atomic E-state index is 0.0677. The van der Waals surface area contributed by atoms with Crippen LogP contribution in [0.1, 0.15) is 52.7 Å². The lowest BCUT2D eigenvalue weighted by atomic mass is 9.86. The number of benzene rings is 3. The van der Waals surface area contributed by atoms with Crippen LogP contribution in [0.25, 0.3) is 22.5 Å². The summed E-state index contributed by atoms with van der Waals surface area (Å²) in [7, 11) is 0. The average Bonchev–Trinajstić information content (AvgIpc) is 2.93. The third-order valence-corrected chi connectivity index (χ3v) is 6.92. The summed E-state index contributed by atoms with van der Waals surface area (Å²) in [5, 5.41) is 0. The van der Waals surface area contributed by atoms with E-state index in [0.29, 0.717) is 0 Å². The Bertz CT molecular complexity index is 1590. The molecule has 0 saturated carbocycles. The predicted octanol–water partition coefficient (Wildman–Crippen LogP) is 10.2. The van der Waals surface area contributed by atoms with Crippen molar-refractivity contribution in [3.63, 3.8) is 0 Å². The zero-order chi connectivity index (χ0) is 28.3. The lowest BCUT2D eigenvalue weighted by molar-refractivity contribution is 0.411. The maximum Gasteiger partial charge on any atom is 0.139 e. The van der Waals surface area contributed by atoms with Crippen molar-refractivity contribution in [1.29, 1.82) is 0 Å². The Morgan fingerprint density at radius 1 is 0.550 bits per heavy atom. The molecule has 202 valence electrons. The fourth-order valence-electron chi connectivity index (χ4n) is 4.97. The Balaban J connectivity index is 1.58. The maximum atomic E-state index is 5.17. The summed E-state index contributed by atoms with van der Waals surface area (Å²) >= 11 is 0. The maximum absolute atomic E-state index is 5.17. The fraction of sp³-hybridized carbons (Fsp3) is 0.243. The van der Waals surface area contributed by atoms with Crippen molar-refractivity contribution in [2.24, 2.45) is 5.41 Å². The van der Waals surface area contributed by atoms with Gasteiger partial charge in [0.1, 0.15) is 11.6 Å². The van der Waals surface area contributed by atoms with Crippen molar-refractivity contribution in [2.45, 2.75) is 53.4 Å². The van der Waals surface area contributed by atoms with Crippen molar-refractivity contribution >= 4 is 17.3 Å². The molecule has 5 aromatic rings. The highest BCUT2D eigenvalue weighted by molar-refractivity contribution is 5.75. The molecule has 5 rings (SSSR count). The summed E-state index contributed by atoms with van der Waals surface area (Å²) in [6.07, 6.45) is 1.02. The molecule has 0 N–H and O–H groups in total. The molecule has 0 spiro atoms. The highest BCUT2D eigenvalue weighted by Gasteiger charge is 2.18. The van der Waals surface area contributed by atoms with Gasteiger partial charge in [0.15, 0.2) is 0 Å². The van der Waals surface area contributed by atoms with Crippen molar-refractivity contribution in [1.82, 2.24) is 9.97 Å². The Hall–Kier alpha value is -4.24. The molecule has 0 saturated heterocycles. The van der Waals surface area contributed by atoms with Gasteiger partial charge in [-0.2, -0.15) is 0 Å². The standard InChI is InChI=1S/C37H39N3/c1-36(2,3)26-27-14-10-15-28(24-27)32-20-12-22-34(38-32)40(31-18-8-7-9-19-31)35-23-13-21-33(39-35)29-16-11-17-30(25-29)37(4,5)6/h7-25H,26H2,1-6H3. The smallest absolute Gasteiger partial charge is 0.139 e. The van der Waals surface area contributed by atoms with E-state index in [1.54, 1.807) is 0 Å². The Kier molecular flexibility index (Phi) is 7.58. The van der Waals surface area contributed by atoms with Crippen LogP contribution < -0.4 is 4.90 Å². The van der Waals surface area contributed by atoms with Gasteiger partial charge in [-0.3, -0.25) is 4.90 Å². The molecule has 2 heterocycles. The number of hydrogen-bond donors (Lipinski definition) is 0. The molecule has 0 bridgehead atoms. The third kappa shape index (κ3) is 6.48. The van der Waals surface area contributed by atoms with E-state index in [9.17, 15) is 0 Å². The monoisotopic (exact) mass is 525 g/mol. The van der Waals surface area contributed by atoms with Gasteiger partial charge < -0.3 is 0 Å². The Morgan fingerprint density at radius 3 is 1.68 bits per heavy atom. The summed E-state index contributed by atoms with van der Waals surface area (Å²) in [5.74, 6) is 1.66. The average molecular weight is 526 g/mol. The number of anilines is 3. The van der Waals surface area contributed by atoms with E-state index in [0.717, 1.165) is 46.3 Å². The summed E-state index contributed by atoms with van der Waals surface area (Å²) in [4.78, 5) is 12.5. The van der Waals surface area contributed by atoms with Crippen LogP contribution in [-0.2, 0) is 11.8 Å². The lowest BCUT2D eigenvalue weighted by Crippen LogP contribution is -2.14. The van der Waals surface area contributed by atoms with Gasteiger partial charge in [-0.25, -0.2) is 9.97 Å². The van der Waals surface area contributed by atoms with Crippen molar-refractivity contribution in [3.05, 3.63) is 126 Å². The van der Waals surface area contributed by atoms with E-state index < -0.39 is 0 Å². The number of nitrogens with zero attached hydrogens (tertiary/aromatic N) is 3. The van der Waals surface area contributed by atoms with Crippen LogP contribution in [0, 0.1) is 5.41 Å². The number of pyridine rings is 2. The Morgan fingerprint density at radius 2 is 1.10 bits per heavy atom. The molecule has 0 atom stereocenters. The number of hydrogen-bond acceptors (Lipinski definition) is 3. The highest BCUT2D eigenvalue weighted by Crippen LogP contribution is 2.35. The van der Waals surface area contributed by atoms with Gasteiger partial charge in [-0.1, -0.05) is 108 Å². The second kappa shape index (κ2) is 11.1. The normalized spacial score (nSPS) is 11.8. The SMILES string of the molecule is CC(C)(C)Cc1cccc(-c2cccc(N(c3ccccc3)c3cccc(-c4cccc(C(C)(C)C)c4)n3)n2)c1. The summed E-state index contributed by atoms with van der Waals surface area (Å²) < 4.78 is 0. The van der Waals surface area contributed by atoms with E-state index in [1.807, 2.05) is 6.07 Å². The molecule has 40 heavy (non-hydrogen) atoms. The van der Waals surface area contributed by atoms with E-state index in [-0.39, 0.29) is 10.8 Å². The summed E-state index contributed by atoms with van der Waals surface area (Å²) in [6.45, 7) is 13.5. The molecule has 0 fully saturated rings. The second-order valence-corrected chi connectivity index (χ2v) is 12.7. The molecule has 3 aromatic carbocycles. The van der Waals surface area contributed by atoms with E-state index in [1.165, 1.54) is 11.1 Å². The Labute approximate surface area is 239 Å². The number of rotatable bonds is 6. The minimum absolute atomic E-state index is 0.0677. The van der Waals surface area contributed by atoms with E-state index in [4.69, 9.17) is 9.97 Å². The van der Waals surface area contributed by atoms with E-state index >= 15 is 0 Å². The van der Waals surface area contributed by atoms with Gasteiger partial charge in [-0.15, -0.1) is 0 Å². The van der Waals surface area contributed by atoms with Gasteiger partial charge >= 0.3 is 0 Å². The van der Waals surface area contributed by atoms with Gasteiger partial charge in [0.25, 0.3) is 0 Å². The zero-order valence-electron chi connectivity index (χ0n) is 24.5. The molecular formula is C37H39N3. The zero-order valence-corrected chi connectivity index (χ0v) is 24.5. The van der Waals surface area contributed by atoms with Gasteiger partial charge in [0.05, 0.1) is 11.4 Å². The highest BCUT2D eigenvalue weighted by atomic mass is 15.2. The summed E-state index contributed by atoms with van der Waals surface area (Å²) in [5.41, 5.74) is 8.04. The van der Waals surface area contributed by atoms with Crippen LogP contribution >= 0.6 is 0 Å². The molecule has 0 amide bonds. The first kappa shape index (κ1) is 27.3. The van der Waals surface area contributed by atoms with Crippen molar-refractivity contribution in [2.75, 3.05) is 4.90 Å². The first-order valence-corrected chi connectivity index (χ1v) is 14.1. The number of aromatic nitrogens is 2. The summed E-state index contributed by atoms with van der Waals surface area (Å²) in [6, 6.07) is 40.3. The molecule has 3 nitrogen and oxygen atoms in total. The molecule has 0 unspecified atom stereocenters. The molecule has 0 aliphatic rings. The number of para-hydroxylation sites is 1. The predicted molar refractivity (Wildman–Crippen MR) is 169 cm³/mol. The topological polar surface area (TPSA) is 29.0 Å². The molecule has 2 aromatic heterocycles. The fourth-order valence-corrected chi connectivity index (χ4v) is 4.97. The second-order valence-electron chi connectivity index (χ2n) is 12.7. The van der Waals surface area contributed by atoms with Gasteiger partial charge in [-0.05, 0) is 76.9 Å². The van der Waals surface area contributed by atoms with Crippen molar-refractivity contribution < 1.29 is 0 Å². The first-order valence-electron chi connectivity index (χ1n) is 14.1. The lowest BCUT2D eigenvalue weighted by Gasteiger charge is -2.24. The third-order valence-electron chi connectivity index (χ3n) is 6.92. The largest absolute Gasteiger partial charge is 0.279 e. The van der Waals surface area contributed by atoms with Crippen LogP contribution in [0.5, 0.6) is 0 Å². The van der Waals surface area contributed by atoms with Crippen LogP contribution in [0.15, 0.2) is 115 Å². The molecule has 0 radical (unpaired) electrons. The van der Waals surface area contributed by atoms with Crippen LogP contribution in [0.2, 0.25) is 0 Å². The molecule has 3 heteroatoms. The van der Waals surface area contributed by atoms with Crippen LogP contribution in [-0.4, -0.2) is 9.97 Å². The van der Waals surface area contributed by atoms with Crippen LogP contribution in [0.3, 0.4) is 0 Å². The van der Waals surface area contributed by atoms with Crippen LogP contribution in [0.4, 0.5) is 17.3 Å². The molecule has 0 aliphatic heterocycles. The van der Waals surface area contributed by atoms with Gasteiger partial charge in [0.2, 0.25) is 0 Å². The van der Waals surface area contributed by atoms with E-state index in [2.05, 4.69) is 156 Å². The molecule has 0 aliphatic carbocycles. The minimum Gasteiger partial charge on any atom is -0.279 e. The quantitative estimate of drug-likeness (QED) is 0.221. The first-order chi connectivity index (χ1) is 19.1. The van der Waals surface area contributed by atoms with Crippen molar-refractivity contribution in [3.8, 4) is 22.5 Å².